The molecule has 1 atom stereocenters. The topological polar surface area (TPSA) is 66.5 Å². The van der Waals surface area contributed by atoms with Crippen molar-refractivity contribution in [1.82, 2.24) is 9.62 Å². The predicted octanol–water partition coefficient (Wildman–Crippen LogP) is 3.02. The molecule has 1 aromatic heterocycles. The molecule has 5 nitrogen and oxygen atoms in total. The summed E-state index contributed by atoms with van der Waals surface area (Å²) in [5.41, 5.74) is 2.69. The summed E-state index contributed by atoms with van der Waals surface area (Å²) in [6, 6.07) is 9.59. The molecule has 0 bridgehead atoms. The van der Waals surface area contributed by atoms with Gasteiger partial charge in [0.25, 0.3) is 15.9 Å². The SMILES string of the molecule is C[C@H](NC(=O)c1csc(S(=O)(=O)N2CCc3ccccc3C2)c1)C1CC1. The maximum Gasteiger partial charge on any atom is 0.252 e. The number of sulfonamides is 1. The van der Waals surface area contributed by atoms with E-state index >= 15 is 0 Å². The summed E-state index contributed by atoms with van der Waals surface area (Å²) in [6.07, 6.45) is 3.02. The molecule has 1 N–H and O–H groups in total. The van der Waals surface area contributed by atoms with Crippen LogP contribution in [0.15, 0.2) is 39.9 Å². The van der Waals surface area contributed by atoms with Crippen molar-refractivity contribution in [2.24, 2.45) is 5.92 Å². The summed E-state index contributed by atoms with van der Waals surface area (Å²) in [6.45, 7) is 2.86. The second-order valence-electron chi connectivity index (χ2n) is 7.11. The minimum atomic E-state index is -3.58. The molecule has 26 heavy (non-hydrogen) atoms. The summed E-state index contributed by atoms with van der Waals surface area (Å²) in [7, 11) is -3.58. The zero-order valence-corrected chi connectivity index (χ0v) is 16.3. The van der Waals surface area contributed by atoms with Crippen LogP contribution in [0.4, 0.5) is 0 Å². The highest BCUT2D eigenvalue weighted by Crippen LogP contribution is 2.33. The number of hydrogen-bond donors (Lipinski definition) is 1. The molecule has 2 heterocycles. The average Bonchev–Trinajstić information content (AvgIpc) is 3.37. The van der Waals surface area contributed by atoms with Crippen molar-refractivity contribution in [3.63, 3.8) is 0 Å². The van der Waals surface area contributed by atoms with Crippen LogP contribution in [0.2, 0.25) is 0 Å². The van der Waals surface area contributed by atoms with Crippen LogP contribution in [-0.2, 0) is 23.0 Å². The minimum Gasteiger partial charge on any atom is -0.349 e. The van der Waals surface area contributed by atoms with Crippen molar-refractivity contribution in [1.29, 1.82) is 0 Å². The number of thiophene rings is 1. The van der Waals surface area contributed by atoms with Gasteiger partial charge >= 0.3 is 0 Å². The fourth-order valence-corrected chi connectivity index (χ4v) is 6.11. The van der Waals surface area contributed by atoms with Gasteiger partial charge in [-0.3, -0.25) is 4.79 Å². The van der Waals surface area contributed by atoms with Crippen LogP contribution < -0.4 is 5.32 Å². The van der Waals surface area contributed by atoms with E-state index < -0.39 is 10.0 Å². The Kier molecular flexibility index (Phi) is 4.62. The van der Waals surface area contributed by atoms with E-state index in [4.69, 9.17) is 0 Å². The Morgan fingerprint density at radius 1 is 1.27 bits per heavy atom. The molecule has 4 rings (SSSR count). The number of fused-ring (bicyclic) bond motifs is 1. The van der Waals surface area contributed by atoms with E-state index in [-0.39, 0.29) is 16.2 Å². The molecule has 1 aromatic carbocycles. The number of hydrogen-bond acceptors (Lipinski definition) is 4. The molecule has 1 saturated carbocycles. The maximum absolute atomic E-state index is 13.0. The third kappa shape index (κ3) is 3.43. The highest BCUT2D eigenvalue weighted by Gasteiger charge is 2.31. The van der Waals surface area contributed by atoms with E-state index in [2.05, 4.69) is 5.32 Å². The van der Waals surface area contributed by atoms with E-state index in [0.29, 0.717) is 31.0 Å². The van der Waals surface area contributed by atoms with Gasteiger partial charge in [0.1, 0.15) is 4.21 Å². The van der Waals surface area contributed by atoms with Crippen molar-refractivity contribution < 1.29 is 13.2 Å². The van der Waals surface area contributed by atoms with Crippen molar-refractivity contribution in [3.05, 3.63) is 52.4 Å². The molecule has 138 valence electrons. The van der Waals surface area contributed by atoms with Crippen LogP contribution in [0.25, 0.3) is 0 Å². The highest BCUT2D eigenvalue weighted by molar-refractivity contribution is 7.91. The first-order valence-corrected chi connectivity index (χ1v) is 11.2. The summed E-state index contributed by atoms with van der Waals surface area (Å²) in [5, 5.41) is 4.61. The normalized spacial score (nSPS) is 19.0. The van der Waals surface area contributed by atoms with E-state index in [1.54, 1.807) is 5.38 Å². The Morgan fingerprint density at radius 2 is 2.00 bits per heavy atom. The monoisotopic (exact) mass is 390 g/mol. The molecule has 0 saturated heterocycles. The Morgan fingerprint density at radius 3 is 2.73 bits per heavy atom. The third-order valence-electron chi connectivity index (χ3n) is 5.22. The summed E-state index contributed by atoms with van der Waals surface area (Å²) in [5.74, 6) is 0.375. The van der Waals surface area contributed by atoms with Gasteiger partial charge in [0.2, 0.25) is 0 Å². The lowest BCUT2D eigenvalue weighted by molar-refractivity contribution is 0.0936. The first-order chi connectivity index (χ1) is 12.4. The Balaban J connectivity index is 1.50. The van der Waals surface area contributed by atoms with Gasteiger partial charge in [-0.1, -0.05) is 24.3 Å². The molecule has 1 amide bonds. The molecule has 0 radical (unpaired) electrons. The van der Waals surface area contributed by atoms with Crippen LogP contribution in [0.5, 0.6) is 0 Å². The van der Waals surface area contributed by atoms with Crippen LogP contribution in [0.3, 0.4) is 0 Å². The zero-order chi connectivity index (χ0) is 18.3. The number of carbonyl (C=O) groups is 1. The second kappa shape index (κ2) is 6.79. The molecule has 2 aliphatic rings. The van der Waals surface area contributed by atoms with Gasteiger partial charge in [0, 0.05) is 24.5 Å². The maximum atomic E-state index is 13.0. The number of nitrogens with one attached hydrogen (secondary N) is 1. The van der Waals surface area contributed by atoms with Crippen molar-refractivity contribution in [2.45, 2.75) is 43.0 Å². The van der Waals surface area contributed by atoms with Gasteiger partial charge < -0.3 is 5.32 Å². The molecule has 7 heteroatoms. The van der Waals surface area contributed by atoms with Crippen LogP contribution in [0, 0.1) is 5.92 Å². The number of rotatable bonds is 5. The molecule has 2 aromatic rings. The van der Waals surface area contributed by atoms with Crippen molar-refractivity contribution >= 4 is 27.3 Å². The largest absolute Gasteiger partial charge is 0.349 e. The highest BCUT2D eigenvalue weighted by atomic mass is 32.2. The Labute approximate surface area is 158 Å². The summed E-state index contributed by atoms with van der Waals surface area (Å²) in [4.78, 5) is 12.4. The molecule has 1 aliphatic carbocycles. The van der Waals surface area contributed by atoms with E-state index in [9.17, 15) is 13.2 Å². The molecular weight excluding hydrogens is 368 g/mol. The average molecular weight is 391 g/mol. The van der Waals surface area contributed by atoms with Gasteiger partial charge in [-0.2, -0.15) is 4.31 Å². The number of amides is 1. The molecule has 0 unspecified atom stereocenters. The lowest BCUT2D eigenvalue weighted by Crippen LogP contribution is -2.35. The van der Waals surface area contributed by atoms with Crippen LogP contribution in [0.1, 0.15) is 41.3 Å². The lowest BCUT2D eigenvalue weighted by Gasteiger charge is -2.27. The number of nitrogens with zero attached hydrogens (tertiary/aromatic N) is 1. The van der Waals surface area contributed by atoms with Crippen LogP contribution >= 0.6 is 11.3 Å². The van der Waals surface area contributed by atoms with Crippen molar-refractivity contribution in [2.75, 3.05) is 6.54 Å². The van der Waals surface area contributed by atoms with E-state index in [0.717, 1.165) is 29.7 Å². The fourth-order valence-electron chi connectivity index (χ4n) is 3.38. The molecule has 1 fully saturated rings. The smallest absolute Gasteiger partial charge is 0.252 e. The van der Waals surface area contributed by atoms with E-state index in [1.807, 2.05) is 31.2 Å². The Hall–Kier alpha value is -1.70. The quantitative estimate of drug-likeness (QED) is 0.853. The van der Waals surface area contributed by atoms with Gasteiger partial charge in [-0.05, 0) is 49.3 Å². The second-order valence-corrected chi connectivity index (χ2v) is 10.2. The zero-order valence-electron chi connectivity index (χ0n) is 14.6. The summed E-state index contributed by atoms with van der Waals surface area (Å²) >= 11 is 1.12. The number of carbonyl (C=O) groups excluding carboxylic acids is 1. The summed E-state index contributed by atoms with van der Waals surface area (Å²) < 4.78 is 27.7. The minimum absolute atomic E-state index is 0.140. The van der Waals surface area contributed by atoms with Crippen molar-refractivity contribution in [3.8, 4) is 0 Å². The molecular formula is C19H22N2O3S2. The molecule has 1 aliphatic heterocycles. The Bertz CT molecular complexity index is 932. The van der Waals surface area contributed by atoms with Gasteiger partial charge in [0.15, 0.2) is 0 Å². The predicted molar refractivity (Wildman–Crippen MR) is 102 cm³/mol. The first-order valence-electron chi connectivity index (χ1n) is 8.91. The van der Waals surface area contributed by atoms with E-state index in [1.165, 1.54) is 15.9 Å². The van der Waals surface area contributed by atoms with Gasteiger partial charge in [0.05, 0.1) is 5.56 Å². The lowest BCUT2D eigenvalue weighted by atomic mass is 10.0. The first kappa shape index (κ1) is 17.7. The van der Waals surface area contributed by atoms with Gasteiger partial charge in [-0.15, -0.1) is 11.3 Å². The fraction of sp³-hybridized carbons (Fsp3) is 0.421. The van der Waals surface area contributed by atoms with Crippen LogP contribution in [-0.4, -0.2) is 31.2 Å². The van der Waals surface area contributed by atoms with Gasteiger partial charge in [-0.25, -0.2) is 8.42 Å². The third-order valence-corrected chi connectivity index (χ3v) is 8.48. The molecule has 0 spiro atoms. The number of benzene rings is 1. The standard InChI is InChI=1S/C19H22N2O3S2/c1-13(14-6-7-14)20-19(22)17-10-18(25-12-17)26(23,24)21-9-8-15-4-2-3-5-16(15)11-21/h2-5,10,12-14H,6-9,11H2,1H3,(H,20,22)/t13-/m0/s1.